The Balaban J connectivity index is 1.97. The van der Waals surface area contributed by atoms with E-state index in [2.05, 4.69) is 24.1 Å². The van der Waals surface area contributed by atoms with Crippen LogP contribution in [-0.4, -0.2) is 42.8 Å². The van der Waals surface area contributed by atoms with E-state index in [0.29, 0.717) is 18.1 Å². The molecule has 2 aliphatic rings. The third kappa shape index (κ3) is 3.00. The number of hydrogen-bond donors (Lipinski definition) is 1. The van der Waals surface area contributed by atoms with Gasteiger partial charge in [0.05, 0.1) is 0 Å². The molecule has 1 aliphatic carbocycles. The maximum atomic E-state index is 12.7. The highest BCUT2D eigenvalue weighted by molar-refractivity contribution is 5.01. The van der Waals surface area contributed by atoms with E-state index in [-0.39, 0.29) is 6.67 Å². The Labute approximate surface area is 105 Å². The summed E-state index contributed by atoms with van der Waals surface area (Å²) < 4.78 is 12.7. The van der Waals surface area contributed by atoms with E-state index in [0.717, 1.165) is 19.0 Å². The minimum Gasteiger partial charge on any atom is -0.311 e. The lowest BCUT2D eigenvalue weighted by Crippen LogP contribution is -2.64. The van der Waals surface area contributed by atoms with Gasteiger partial charge in [-0.2, -0.15) is 0 Å². The first-order chi connectivity index (χ1) is 8.16. The monoisotopic (exact) mass is 242 g/mol. The van der Waals surface area contributed by atoms with Crippen molar-refractivity contribution < 1.29 is 4.39 Å². The zero-order valence-electron chi connectivity index (χ0n) is 11.3. The van der Waals surface area contributed by atoms with Gasteiger partial charge in [0.2, 0.25) is 0 Å². The number of nitrogens with one attached hydrogen (secondary N) is 1. The van der Waals surface area contributed by atoms with Crippen molar-refractivity contribution in [3.05, 3.63) is 0 Å². The number of halogens is 1. The number of piperazine rings is 1. The quantitative estimate of drug-likeness (QED) is 0.815. The molecule has 2 nitrogen and oxygen atoms in total. The topological polar surface area (TPSA) is 15.3 Å². The second-order valence-corrected chi connectivity index (χ2v) is 6.27. The van der Waals surface area contributed by atoms with E-state index in [1.165, 1.54) is 32.1 Å². The van der Waals surface area contributed by atoms with Crippen LogP contribution in [0.15, 0.2) is 0 Å². The second kappa shape index (κ2) is 5.66. The Bertz CT molecular complexity index is 236. The molecule has 3 heteroatoms. The molecule has 17 heavy (non-hydrogen) atoms. The minimum atomic E-state index is -0.198. The van der Waals surface area contributed by atoms with Gasteiger partial charge < -0.3 is 5.32 Å². The van der Waals surface area contributed by atoms with Crippen LogP contribution < -0.4 is 5.32 Å². The van der Waals surface area contributed by atoms with E-state index in [1.807, 2.05) is 0 Å². The Morgan fingerprint density at radius 3 is 2.65 bits per heavy atom. The standard InChI is InChI=1S/C14H27FN2/c1-12(2)9-13-10-17(8-7-15)14(11-16-13)5-3-4-6-14/h12-13,16H,3-11H2,1-2H3. The van der Waals surface area contributed by atoms with Crippen molar-refractivity contribution in [3.8, 4) is 0 Å². The molecular weight excluding hydrogens is 215 g/mol. The van der Waals surface area contributed by atoms with Gasteiger partial charge in [0, 0.05) is 31.2 Å². The summed E-state index contributed by atoms with van der Waals surface area (Å²) in [4.78, 5) is 2.45. The third-order valence-corrected chi connectivity index (χ3v) is 4.48. The van der Waals surface area contributed by atoms with Crippen molar-refractivity contribution in [2.75, 3.05) is 26.3 Å². The molecule has 0 radical (unpaired) electrons. The molecule has 0 bridgehead atoms. The van der Waals surface area contributed by atoms with Crippen LogP contribution in [0.1, 0.15) is 46.0 Å². The van der Waals surface area contributed by atoms with Gasteiger partial charge in [-0.05, 0) is 25.2 Å². The van der Waals surface area contributed by atoms with Gasteiger partial charge in [0.25, 0.3) is 0 Å². The summed E-state index contributed by atoms with van der Waals surface area (Å²) in [5.74, 6) is 0.720. The lowest BCUT2D eigenvalue weighted by atomic mass is 9.89. The van der Waals surface area contributed by atoms with Crippen LogP contribution in [-0.2, 0) is 0 Å². The number of nitrogens with zero attached hydrogens (tertiary/aromatic N) is 1. The molecule has 1 saturated carbocycles. The summed E-state index contributed by atoms with van der Waals surface area (Å²) in [6.07, 6.45) is 6.36. The predicted octanol–water partition coefficient (Wildman–Crippen LogP) is 2.59. The van der Waals surface area contributed by atoms with Gasteiger partial charge in [-0.25, -0.2) is 4.39 Å². The van der Waals surface area contributed by atoms with Crippen LogP contribution in [0, 0.1) is 5.92 Å². The van der Waals surface area contributed by atoms with Gasteiger partial charge >= 0.3 is 0 Å². The highest BCUT2D eigenvalue weighted by Gasteiger charge is 2.43. The van der Waals surface area contributed by atoms with Crippen LogP contribution in [0.5, 0.6) is 0 Å². The largest absolute Gasteiger partial charge is 0.311 e. The highest BCUT2D eigenvalue weighted by atomic mass is 19.1. The van der Waals surface area contributed by atoms with Gasteiger partial charge in [0.1, 0.15) is 6.67 Å². The molecule has 0 aromatic heterocycles. The lowest BCUT2D eigenvalue weighted by molar-refractivity contribution is 0.0339. The molecule has 1 aliphatic heterocycles. The van der Waals surface area contributed by atoms with Crippen LogP contribution >= 0.6 is 0 Å². The first-order valence-electron chi connectivity index (χ1n) is 7.21. The molecule has 100 valence electrons. The van der Waals surface area contributed by atoms with Crippen molar-refractivity contribution in [2.24, 2.45) is 5.92 Å². The summed E-state index contributed by atoms with van der Waals surface area (Å²) in [5.41, 5.74) is 0.291. The van der Waals surface area contributed by atoms with Crippen LogP contribution in [0.25, 0.3) is 0 Å². The smallest absolute Gasteiger partial charge is 0.102 e. The Hall–Kier alpha value is -0.150. The minimum absolute atomic E-state index is 0.198. The third-order valence-electron chi connectivity index (χ3n) is 4.48. The molecule has 1 spiro atoms. The maximum Gasteiger partial charge on any atom is 0.102 e. The van der Waals surface area contributed by atoms with E-state index < -0.39 is 0 Å². The fraction of sp³-hybridized carbons (Fsp3) is 1.00. The van der Waals surface area contributed by atoms with Gasteiger partial charge in [0.15, 0.2) is 0 Å². The van der Waals surface area contributed by atoms with Crippen molar-refractivity contribution >= 4 is 0 Å². The molecule has 1 atom stereocenters. The average Bonchev–Trinajstić information content (AvgIpc) is 2.73. The van der Waals surface area contributed by atoms with E-state index in [4.69, 9.17) is 0 Å². The Kier molecular flexibility index (Phi) is 4.42. The molecule has 2 rings (SSSR count). The normalized spacial score (nSPS) is 29.3. The van der Waals surface area contributed by atoms with Crippen molar-refractivity contribution in [1.82, 2.24) is 10.2 Å². The summed E-state index contributed by atoms with van der Waals surface area (Å²) in [6.45, 7) is 7.08. The molecule has 2 fully saturated rings. The molecule has 0 amide bonds. The summed E-state index contributed by atoms with van der Waals surface area (Å²) in [6, 6.07) is 0.563. The fourth-order valence-electron chi connectivity index (χ4n) is 3.65. The van der Waals surface area contributed by atoms with Crippen molar-refractivity contribution in [3.63, 3.8) is 0 Å². The number of hydrogen-bond acceptors (Lipinski definition) is 2. The van der Waals surface area contributed by atoms with Gasteiger partial charge in [-0.15, -0.1) is 0 Å². The van der Waals surface area contributed by atoms with E-state index in [9.17, 15) is 4.39 Å². The molecule has 1 N–H and O–H groups in total. The lowest BCUT2D eigenvalue weighted by Gasteiger charge is -2.48. The summed E-state index contributed by atoms with van der Waals surface area (Å²) >= 11 is 0. The van der Waals surface area contributed by atoms with E-state index >= 15 is 0 Å². The fourth-order valence-corrected chi connectivity index (χ4v) is 3.65. The van der Waals surface area contributed by atoms with Crippen molar-refractivity contribution in [2.45, 2.75) is 57.5 Å². The molecule has 1 saturated heterocycles. The van der Waals surface area contributed by atoms with E-state index in [1.54, 1.807) is 0 Å². The zero-order valence-corrected chi connectivity index (χ0v) is 11.3. The highest BCUT2D eigenvalue weighted by Crippen LogP contribution is 2.37. The molecular formula is C14H27FN2. The molecule has 1 unspecified atom stereocenters. The van der Waals surface area contributed by atoms with Crippen LogP contribution in [0.4, 0.5) is 4.39 Å². The van der Waals surface area contributed by atoms with Crippen LogP contribution in [0.3, 0.4) is 0 Å². The van der Waals surface area contributed by atoms with Crippen molar-refractivity contribution in [1.29, 1.82) is 0 Å². The number of alkyl halides is 1. The van der Waals surface area contributed by atoms with Gasteiger partial charge in [-0.3, -0.25) is 4.90 Å². The predicted molar refractivity (Wildman–Crippen MR) is 70.0 cm³/mol. The Morgan fingerprint density at radius 1 is 1.35 bits per heavy atom. The SMILES string of the molecule is CC(C)CC1CN(CCF)C2(CCCC2)CN1. The molecule has 1 heterocycles. The molecule has 0 aromatic rings. The molecule has 0 aromatic carbocycles. The summed E-state index contributed by atoms with van der Waals surface area (Å²) in [5, 5.41) is 3.71. The summed E-state index contributed by atoms with van der Waals surface area (Å²) in [7, 11) is 0. The zero-order chi connectivity index (χ0) is 12.3. The average molecular weight is 242 g/mol. The first kappa shape index (κ1) is 13.3. The Morgan fingerprint density at radius 2 is 2.06 bits per heavy atom. The second-order valence-electron chi connectivity index (χ2n) is 6.27. The maximum absolute atomic E-state index is 12.7. The van der Waals surface area contributed by atoms with Crippen LogP contribution in [0.2, 0.25) is 0 Å². The first-order valence-corrected chi connectivity index (χ1v) is 7.21. The number of rotatable bonds is 4. The van der Waals surface area contributed by atoms with Gasteiger partial charge in [-0.1, -0.05) is 26.7 Å².